The van der Waals surface area contributed by atoms with E-state index < -0.39 is 0 Å². The van der Waals surface area contributed by atoms with E-state index in [2.05, 4.69) is 27.6 Å². The number of hydrogen-bond acceptors (Lipinski definition) is 2. The third-order valence-corrected chi connectivity index (χ3v) is 3.59. The minimum atomic E-state index is 0. The summed E-state index contributed by atoms with van der Waals surface area (Å²) in [4.78, 5) is 4.25. The Bertz CT molecular complexity index is 624. The van der Waals surface area contributed by atoms with Gasteiger partial charge in [0.25, 0.3) is 0 Å². The van der Waals surface area contributed by atoms with Crippen LogP contribution in [0.3, 0.4) is 0 Å². The Morgan fingerprint density at radius 2 is 2.04 bits per heavy atom. The normalized spacial score (nSPS) is 12.4. The molecule has 1 heterocycles. The molecule has 0 aliphatic rings. The summed E-state index contributed by atoms with van der Waals surface area (Å²) in [6.45, 7) is 5.68. The summed E-state index contributed by atoms with van der Waals surface area (Å²) in [7, 11) is 1.77. The van der Waals surface area contributed by atoms with Crippen LogP contribution in [0.15, 0.2) is 41.7 Å². The molecule has 2 rings (SSSR count). The van der Waals surface area contributed by atoms with Crippen LogP contribution in [0.1, 0.15) is 24.1 Å². The van der Waals surface area contributed by atoms with Crippen LogP contribution >= 0.6 is 35.6 Å². The number of rotatable bonds is 5. The number of nitrogens with one attached hydrogen (secondary N) is 2. The first-order chi connectivity index (χ1) is 10.6. The van der Waals surface area contributed by atoms with Crippen LogP contribution in [0, 0.1) is 6.92 Å². The number of guanidine groups is 1. The molecule has 23 heavy (non-hydrogen) atoms. The Morgan fingerprint density at radius 1 is 1.35 bits per heavy atom. The summed E-state index contributed by atoms with van der Waals surface area (Å²) in [6.07, 6.45) is 3.88. The Balaban J connectivity index is 0.00000264. The Hall–Kier alpha value is -1.28. The van der Waals surface area contributed by atoms with Crippen molar-refractivity contribution in [2.75, 3.05) is 13.6 Å². The number of hydrogen-bond donors (Lipinski definition) is 2. The van der Waals surface area contributed by atoms with Gasteiger partial charge in [-0.25, -0.2) is 0 Å². The maximum Gasteiger partial charge on any atom is 0.191 e. The second kappa shape index (κ2) is 9.77. The lowest BCUT2D eigenvalue weighted by molar-refractivity contribution is 0.591. The lowest BCUT2D eigenvalue weighted by Gasteiger charge is -2.18. The summed E-state index contributed by atoms with van der Waals surface area (Å²) < 4.78 is 1.91. The average Bonchev–Trinajstić information content (AvgIpc) is 2.92. The van der Waals surface area contributed by atoms with Gasteiger partial charge in [0.2, 0.25) is 0 Å². The molecule has 0 radical (unpaired) electrons. The van der Waals surface area contributed by atoms with Crippen LogP contribution < -0.4 is 10.6 Å². The van der Waals surface area contributed by atoms with Crippen LogP contribution in [-0.4, -0.2) is 29.3 Å². The Labute approximate surface area is 159 Å². The van der Waals surface area contributed by atoms with Crippen molar-refractivity contribution in [3.8, 4) is 0 Å². The fourth-order valence-electron chi connectivity index (χ4n) is 2.11. The van der Waals surface area contributed by atoms with Gasteiger partial charge in [0, 0.05) is 24.8 Å². The van der Waals surface area contributed by atoms with Crippen molar-refractivity contribution < 1.29 is 0 Å². The number of halogens is 2. The zero-order valence-corrected chi connectivity index (χ0v) is 16.7. The monoisotopic (exact) mass is 447 g/mol. The second-order valence-electron chi connectivity index (χ2n) is 5.20. The molecule has 0 saturated heterocycles. The molecule has 0 amide bonds. The highest BCUT2D eigenvalue weighted by Gasteiger charge is 2.07. The summed E-state index contributed by atoms with van der Waals surface area (Å²) in [6, 6.07) is 7.96. The molecule has 0 saturated carbocycles. The van der Waals surface area contributed by atoms with Gasteiger partial charge in [-0.15, -0.1) is 24.0 Å². The lowest BCUT2D eigenvalue weighted by atomic mass is 10.1. The molecular weight excluding hydrogens is 425 g/mol. The predicted molar refractivity (Wildman–Crippen MR) is 107 cm³/mol. The first-order valence-electron chi connectivity index (χ1n) is 7.30. The van der Waals surface area contributed by atoms with Gasteiger partial charge in [-0.2, -0.15) is 5.10 Å². The maximum absolute atomic E-state index is 5.91. The highest BCUT2D eigenvalue weighted by Crippen LogP contribution is 2.15. The summed E-state index contributed by atoms with van der Waals surface area (Å²) >= 11 is 5.91. The van der Waals surface area contributed by atoms with Gasteiger partial charge in [0.05, 0.1) is 18.8 Å². The number of aliphatic imine (C=N–C) groups is 1. The first-order valence-corrected chi connectivity index (χ1v) is 7.68. The zero-order valence-electron chi connectivity index (χ0n) is 13.6. The summed E-state index contributed by atoms with van der Waals surface area (Å²) in [5.41, 5.74) is 2.33. The quantitative estimate of drug-likeness (QED) is 0.420. The van der Waals surface area contributed by atoms with Gasteiger partial charge in [0.1, 0.15) is 0 Å². The number of nitrogens with zero attached hydrogens (tertiary/aromatic N) is 3. The minimum Gasteiger partial charge on any atom is -0.355 e. The van der Waals surface area contributed by atoms with Gasteiger partial charge in [-0.3, -0.25) is 9.67 Å². The van der Waals surface area contributed by atoms with E-state index in [0.29, 0.717) is 0 Å². The molecule has 2 aromatic rings. The zero-order chi connectivity index (χ0) is 15.9. The van der Waals surface area contributed by atoms with Gasteiger partial charge < -0.3 is 10.6 Å². The number of aryl methyl sites for hydroxylation is 1. The first kappa shape index (κ1) is 19.8. The standard InChI is InChI=1S/C16H22ClN5.HI/c1-12-10-20-22(11-12)9-8-19-16(18-3)21-13(2)14-4-6-15(17)7-5-14;/h4-7,10-11,13H,8-9H2,1-3H3,(H2,18,19,21);1H. The Kier molecular flexibility index (Phi) is 8.40. The van der Waals surface area contributed by atoms with E-state index in [9.17, 15) is 0 Å². The molecule has 5 nitrogen and oxygen atoms in total. The molecule has 0 aliphatic carbocycles. The molecule has 0 aliphatic heterocycles. The predicted octanol–water partition coefficient (Wildman–Crippen LogP) is 3.39. The van der Waals surface area contributed by atoms with Crippen molar-refractivity contribution >= 4 is 41.5 Å². The van der Waals surface area contributed by atoms with Crippen LogP contribution in [0.5, 0.6) is 0 Å². The van der Waals surface area contributed by atoms with Crippen molar-refractivity contribution in [1.29, 1.82) is 0 Å². The van der Waals surface area contributed by atoms with E-state index >= 15 is 0 Å². The number of aromatic nitrogens is 2. The van der Waals surface area contributed by atoms with E-state index in [1.54, 1.807) is 7.05 Å². The lowest BCUT2D eigenvalue weighted by Crippen LogP contribution is -2.40. The minimum absolute atomic E-state index is 0. The number of benzene rings is 1. The van der Waals surface area contributed by atoms with E-state index in [1.807, 2.05) is 48.3 Å². The van der Waals surface area contributed by atoms with Crippen molar-refractivity contribution in [2.45, 2.75) is 26.4 Å². The van der Waals surface area contributed by atoms with Crippen LogP contribution in [0.25, 0.3) is 0 Å². The fourth-order valence-corrected chi connectivity index (χ4v) is 2.24. The van der Waals surface area contributed by atoms with E-state index in [4.69, 9.17) is 11.6 Å². The molecule has 0 bridgehead atoms. The van der Waals surface area contributed by atoms with Crippen LogP contribution in [0.2, 0.25) is 5.02 Å². The summed E-state index contributed by atoms with van der Waals surface area (Å²) in [5, 5.41) is 11.7. The maximum atomic E-state index is 5.91. The van der Waals surface area contributed by atoms with Gasteiger partial charge in [-0.05, 0) is 37.1 Å². The third kappa shape index (κ3) is 6.39. The van der Waals surface area contributed by atoms with Crippen LogP contribution in [0.4, 0.5) is 0 Å². The highest BCUT2D eigenvalue weighted by molar-refractivity contribution is 14.0. The van der Waals surface area contributed by atoms with E-state index in [-0.39, 0.29) is 30.0 Å². The van der Waals surface area contributed by atoms with E-state index in [0.717, 1.165) is 29.6 Å². The third-order valence-electron chi connectivity index (χ3n) is 3.34. The van der Waals surface area contributed by atoms with Crippen molar-refractivity contribution in [3.63, 3.8) is 0 Å². The molecule has 1 atom stereocenters. The molecule has 0 spiro atoms. The van der Waals surface area contributed by atoms with Crippen LogP contribution in [-0.2, 0) is 6.54 Å². The molecule has 1 unspecified atom stereocenters. The van der Waals surface area contributed by atoms with E-state index in [1.165, 1.54) is 5.56 Å². The topological polar surface area (TPSA) is 54.2 Å². The van der Waals surface area contributed by atoms with Gasteiger partial charge >= 0.3 is 0 Å². The van der Waals surface area contributed by atoms with Crippen molar-refractivity contribution in [3.05, 3.63) is 52.8 Å². The molecule has 7 heteroatoms. The average molecular weight is 448 g/mol. The van der Waals surface area contributed by atoms with Gasteiger partial charge in [0.15, 0.2) is 5.96 Å². The largest absolute Gasteiger partial charge is 0.355 e. The molecular formula is C16H23ClIN5. The Morgan fingerprint density at radius 3 is 2.61 bits per heavy atom. The molecule has 1 aromatic carbocycles. The molecule has 2 N–H and O–H groups in total. The van der Waals surface area contributed by atoms with Gasteiger partial charge in [-0.1, -0.05) is 23.7 Å². The fraction of sp³-hybridized carbons (Fsp3) is 0.375. The van der Waals surface area contributed by atoms with Crippen molar-refractivity contribution in [1.82, 2.24) is 20.4 Å². The molecule has 1 aromatic heterocycles. The molecule has 126 valence electrons. The second-order valence-corrected chi connectivity index (χ2v) is 5.63. The molecule has 0 fully saturated rings. The summed E-state index contributed by atoms with van der Waals surface area (Å²) in [5.74, 6) is 0.770. The highest BCUT2D eigenvalue weighted by atomic mass is 127. The smallest absolute Gasteiger partial charge is 0.191 e. The SMILES string of the molecule is CN=C(NCCn1cc(C)cn1)NC(C)c1ccc(Cl)cc1.I. The van der Waals surface area contributed by atoms with Crippen molar-refractivity contribution in [2.24, 2.45) is 4.99 Å².